The number of aryl methyl sites for hydroxylation is 1. The number of rotatable bonds is 2. The molecular formula is C19H22N4O3. The molecule has 1 amide bonds. The number of morpholine rings is 1. The first-order valence-electron chi connectivity index (χ1n) is 8.82. The number of para-hydroxylation sites is 1. The van der Waals surface area contributed by atoms with Crippen LogP contribution in [0.15, 0.2) is 29.1 Å². The summed E-state index contributed by atoms with van der Waals surface area (Å²) in [6, 6.07) is 7.65. The second-order valence-electron chi connectivity index (χ2n) is 6.73. The van der Waals surface area contributed by atoms with Gasteiger partial charge in [-0.3, -0.25) is 14.2 Å². The summed E-state index contributed by atoms with van der Waals surface area (Å²) >= 11 is 0. The molecule has 7 nitrogen and oxygen atoms in total. The molecule has 0 unspecified atom stereocenters. The Hall–Kier alpha value is -2.67. The largest absolute Gasteiger partial charge is 0.378 e. The highest BCUT2D eigenvalue weighted by Crippen LogP contribution is 2.26. The first kappa shape index (κ1) is 16.8. The highest BCUT2D eigenvalue weighted by molar-refractivity contribution is 6.00. The van der Waals surface area contributed by atoms with Gasteiger partial charge in [-0.1, -0.05) is 12.1 Å². The summed E-state index contributed by atoms with van der Waals surface area (Å²) in [6.45, 7) is 5.36. The zero-order valence-corrected chi connectivity index (χ0v) is 15.1. The van der Waals surface area contributed by atoms with Gasteiger partial charge >= 0.3 is 0 Å². The third-order valence-electron chi connectivity index (χ3n) is 5.16. The number of fused-ring (bicyclic) bond motifs is 1. The van der Waals surface area contributed by atoms with Crippen molar-refractivity contribution >= 4 is 11.6 Å². The monoisotopic (exact) mass is 354 g/mol. The third-order valence-corrected chi connectivity index (χ3v) is 5.16. The Morgan fingerprint density at radius 2 is 1.88 bits per heavy atom. The van der Waals surface area contributed by atoms with E-state index >= 15 is 0 Å². The van der Waals surface area contributed by atoms with Crippen LogP contribution in [-0.4, -0.2) is 46.7 Å². The second-order valence-corrected chi connectivity index (χ2v) is 6.73. The molecule has 2 aliphatic rings. The number of carbonyl (C=O) groups is 1. The van der Waals surface area contributed by atoms with Gasteiger partial charge in [0, 0.05) is 25.8 Å². The van der Waals surface area contributed by atoms with Crippen molar-refractivity contribution < 1.29 is 9.53 Å². The average Bonchev–Trinajstić information content (AvgIpc) is 3.10. The number of hydrogen-bond donors (Lipinski definition) is 0. The van der Waals surface area contributed by atoms with Crippen LogP contribution in [0.3, 0.4) is 0 Å². The normalized spacial score (nSPS) is 16.7. The lowest BCUT2D eigenvalue weighted by atomic mass is 10.1. The number of hydrogen-bond acceptors (Lipinski definition) is 5. The van der Waals surface area contributed by atoms with Gasteiger partial charge in [-0.05, 0) is 19.1 Å². The molecule has 4 rings (SSSR count). The maximum absolute atomic E-state index is 13.2. The molecule has 7 heteroatoms. The number of anilines is 1. The number of nitrogens with zero attached hydrogens (tertiary/aromatic N) is 4. The van der Waals surface area contributed by atoms with E-state index in [1.165, 1.54) is 4.57 Å². The minimum atomic E-state index is -0.0655. The van der Waals surface area contributed by atoms with E-state index in [-0.39, 0.29) is 11.5 Å². The van der Waals surface area contributed by atoms with E-state index < -0.39 is 0 Å². The van der Waals surface area contributed by atoms with Gasteiger partial charge in [-0.25, -0.2) is 4.98 Å². The van der Waals surface area contributed by atoms with Crippen LogP contribution in [0.2, 0.25) is 0 Å². The summed E-state index contributed by atoms with van der Waals surface area (Å²) in [6.07, 6.45) is 0. The Morgan fingerprint density at radius 3 is 2.65 bits per heavy atom. The summed E-state index contributed by atoms with van der Waals surface area (Å²) in [7, 11) is 1.71. The quantitative estimate of drug-likeness (QED) is 0.807. The molecule has 0 saturated carbocycles. The minimum Gasteiger partial charge on any atom is -0.378 e. The molecule has 1 aromatic heterocycles. The van der Waals surface area contributed by atoms with Crippen LogP contribution in [-0.2, 0) is 24.9 Å². The number of ether oxygens (including phenoxy) is 1. The van der Waals surface area contributed by atoms with Gasteiger partial charge in [0.15, 0.2) is 0 Å². The number of carbonyl (C=O) groups excluding carboxylic acids is 1. The minimum absolute atomic E-state index is 0.0650. The van der Waals surface area contributed by atoms with Gasteiger partial charge in [0.2, 0.25) is 0 Å². The van der Waals surface area contributed by atoms with E-state index in [1.54, 1.807) is 18.9 Å². The van der Waals surface area contributed by atoms with Crippen molar-refractivity contribution in [3.8, 4) is 0 Å². The smallest absolute Gasteiger partial charge is 0.258 e. The van der Waals surface area contributed by atoms with E-state index in [0.717, 1.165) is 18.8 Å². The predicted molar refractivity (Wildman–Crippen MR) is 97.3 cm³/mol. The molecule has 0 radical (unpaired) electrons. The van der Waals surface area contributed by atoms with Gasteiger partial charge in [0.05, 0.1) is 43.1 Å². The Balaban J connectivity index is 1.64. The van der Waals surface area contributed by atoms with Crippen molar-refractivity contribution in [3.63, 3.8) is 0 Å². The molecular weight excluding hydrogens is 332 g/mol. The standard InChI is InChI=1S/C19H22N4O3/c1-13-20-16-12-23(11-15(16)18(24)21(13)2)19(25)14-5-3-4-6-17(14)22-7-9-26-10-8-22/h3-6H,7-12H2,1-2H3. The lowest BCUT2D eigenvalue weighted by molar-refractivity contribution is 0.0749. The molecule has 0 atom stereocenters. The van der Waals surface area contributed by atoms with E-state index in [0.29, 0.717) is 48.9 Å². The van der Waals surface area contributed by atoms with Crippen molar-refractivity contribution in [1.29, 1.82) is 0 Å². The third kappa shape index (κ3) is 2.78. The fraction of sp³-hybridized carbons (Fsp3) is 0.421. The Labute approximate surface area is 151 Å². The molecule has 0 aliphatic carbocycles. The van der Waals surface area contributed by atoms with E-state index in [4.69, 9.17) is 4.74 Å². The predicted octanol–water partition coefficient (Wildman–Crippen LogP) is 1.08. The number of amides is 1. The highest BCUT2D eigenvalue weighted by Gasteiger charge is 2.30. The van der Waals surface area contributed by atoms with Crippen molar-refractivity contribution in [3.05, 3.63) is 57.3 Å². The van der Waals surface area contributed by atoms with E-state index in [9.17, 15) is 9.59 Å². The van der Waals surface area contributed by atoms with Crippen LogP contribution < -0.4 is 10.5 Å². The Kier molecular flexibility index (Phi) is 4.24. The number of aromatic nitrogens is 2. The molecule has 3 heterocycles. The van der Waals surface area contributed by atoms with Crippen molar-refractivity contribution in [2.45, 2.75) is 20.0 Å². The summed E-state index contributed by atoms with van der Waals surface area (Å²) in [5.74, 6) is 0.599. The van der Waals surface area contributed by atoms with Gasteiger partial charge in [-0.15, -0.1) is 0 Å². The molecule has 136 valence electrons. The van der Waals surface area contributed by atoms with Crippen molar-refractivity contribution in [2.75, 3.05) is 31.2 Å². The fourth-order valence-corrected chi connectivity index (χ4v) is 3.58. The lowest BCUT2D eigenvalue weighted by Crippen LogP contribution is -2.38. The SMILES string of the molecule is Cc1nc2c(c(=O)n1C)CN(C(=O)c1ccccc1N1CCOCC1)C2. The van der Waals surface area contributed by atoms with Gasteiger partial charge < -0.3 is 14.5 Å². The summed E-state index contributed by atoms with van der Waals surface area (Å²) in [5.41, 5.74) is 2.85. The van der Waals surface area contributed by atoms with Crippen molar-refractivity contribution in [2.24, 2.45) is 7.05 Å². The Morgan fingerprint density at radius 1 is 1.15 bits per heavy atom. The van der Waals surface area contributed by atoms with Crippen LogP contribution in [0.4, 0.5) is 5.69 Å². The lowest BCUT2D eigenvalue weighted by Gasteiger charge is -2.31. The van der Waals surface area contributed by atoms with Crippen LogP contribution in [0, 0.1) is 6.92 Å². The van der Waals surface area contributed by atoms with Crippen LogP contribution in [0.1, 0.15) is 27.4 Å². The molecule has 26 heavy (non-hydrogen) atoms. The first-order chi connectivity index (χ1) is 12.6. The maximum atomic E-state index is 13.2. The van der Waals surface area contributed by atoms with Crippen LogP contribution >= 0.6 is 0 Å². The van der Waals surface area contributed by atoms with E-state index in [2.05, 4.69) is 9.88 Å². The van der Waals surface area contributed by atoms with E-state index in [1.807, 2.05) is 24.3 Å². The summed E-state index contributed by atoms with van der Waals surface area (Å²) in [5, 5.41) is 0. The molecule has 0 spiro atoms. The van der Waals surface area contributed by atoms with Crippen molar-refractivity contribution in [1.82, 2.24) is 14.5 Å². The van der Waals surface area contributed by atoms with Gasteiger partial charge in [0.25, 0.3) is 11.5 Å². The van der Waals surface area contributed by atoms with Gasteiger partial charge in [-0.2, -0.15) is 0 Å². The first-order valence-corrected chi connectivity index (χ1v) is 8.82. The molecule has 1 fully saturated rings. The Bertz CT molecular complexity index is 915. The zero-order chi connectivity index (χ0) is 18.3. The zero-order valence-electron chi connectivity index (χ0n) is 15.1. The topological polar surface area (TPSA) is 67.7 Å². The molecule has 2 aliphatic heterocycles. The summed E-state index contributed by atoms with van der Waals surface area (Å²) in [4.78, 5) is 34.0. The highest BCUT2D eigenvalue weighted by atomic mass is 16.5. The second kappa shape index (κ2) is 6.57. The van der Waals surface area contributed by atoms with Gasteiger partial charge in [0.1, 0.15) is 5.82 Å². The molecule has 1 saturated heterocycles. The maximum Gasteiger partial charge on any atom is 0.258 e. The number of benzene rings is 1. The van der Waals surface area contributed by atoms with Crippen LogP contribution in [0.5, 0.6) is 0 Å². The molecule has 2 aromatic rings. The summed E-state index contributed by atoms with van der Waals surface area (Å²) < 4.78 is 6.95. The molecule has 1 aromatic carbocycles. The average molecular weight is 354 g/mol. The molecule has 0 bridgehead atoms. The molecule has 0 N–H and O–H groups in total. The van der Waals surface area contributed by atoms with Crippen LogP contribution in [0.25, 0.3) is 0 Å². The fourth-order valence-electron chi connectivity index (χ4n) is 3.58.